The van der Waals surface area contributed by atoms with Gasteiger partial charge >= 0.3 is 0 Å². The Labute approximate surface area is 98.0 Å². The van der Waals surface area contributed by atoms with E-state index in [1.165, 1.54) is 0 Å². The summed E-state index contributed by atoms with van der Waals surface area (Å²) in [5.41, 5.74) is 0. The van der Waals surface area contributed by atoms with Gasteiger partial charge in [0, 0.05) is 55.2 Å². The molecule has 0 saturated carbocycles. The molecule has 1 heterocycles. The average molecular weight is 515 g/mol. The van der Waals surface area contributed by atoms with E-state index < -0.39 is 10.6 Å². The van der Waals surface area contributed by atoms with Crippen molar-refractivity contribution in [2.45, 2.75) is 0 Å². The largest absolute Gasteiger partial charge is 0.448 e. The van der Waals surface area contributed by atoms with E-state index in [0.717, 1.165) is 26.2 Å². The van der Waals surface area contributed by atoms with Gasteiger partial charge in [0.1, 0.15) is 0 Å². The number of piperazine rings is 1. The van der Waals surface area contributed by atoms with Crippen molar-refractivity contribution in [2.24, 2.45) is 0 Å². The first-order valence-corrected chi connectivity index (χ1v) is 4.25. The quantitative estimate of drug-likeness (QED) is 0.367. The molecule has 1 aliphatic heterocycles. The van der Waals surface area contributed by atoms with Crippen LogP contribution in [-0.4, -0.2) is 36.4 Å². The van der Waals surface area contributed by atoms with Crippen LogP contribution in [0.4, 0.5) is 0 Å². The molecule has 0 bridgehead atoms. The number of nitrogens with zero attached hydrogens (tertiary/aromatic N) is 1. The van der Waals surface area contributed by atoms with Gasteiger partial charge < -0.3 is 13.8 Å². The van der Waals surface area contributed by atoms with E-state index in [-0.39, 0.29) is 42.1 Å². The molecule has 1 fully saturated rings. The predicted molar refractivity (Wildman–Crippen MR) is 39.6 cm³/mol. The van der Waals surface area contributed by atoms with Crippen molar-refractivity contribution in [1.29, 1.82) is 0 Å². The van der Waals surface area contributed by atoms with Crippen LogP contribution in [0.15, 0.2) is 0 Å². The molecule has 66 valence electrons. The Morgan fingerprint density at radius 3 is 2.00 bits per heavy atom. The molecule has 1 rings (SSSR count). The number of hydrogen-bond acceptors (Lipinski definition) is 3. The Balaban J connectivity index is 0. The summed E-state index contributed by atoms with van der Waals surface area (Å²) in [7, 11) is -1.01. The summed E-state index contributed by atoms with van der Waals surface area (Å²) in [5, 5.41) is 3.17. The smallest absolute Gasteiger partial charge is 0.00641 e. The normalized spacial score (nSPS) is 18.6. The molecule has 0 aromatic heterocycles. The summed E-state index contributed by atoms with van der Waals surface area (Å²) >= 11 is 0. The topological polar surface area (TPSA) is 32.3 Å². The van der Waals surface area contributed by atoms with Crippen LogP contribution in [0.25, 0.3) is 0 Å². The first kappa shape index (κ1) is 14.8. The molecule has 0 aromatic carbocycles. The Bertz CT molecular complexity index is 149. The summed E-state index contributed by atoms with van der Waals surface area (Å²) < 4.78 is 12.6. The van der Waals surface area contributed by atoms with Crippen LogP contribution in [0.3, 0.4) is 0 Å². The molecule has 0 amide bonds. The summed E-state index contributed by atoms with van der Waals surface area (Å²) in [6.45, 7) is 3.58. The first-order valence-electron chi connectivity index (χ1n) is 2.98. The van der Waals surface area contributed by atoms with Gasteiger partial charge in [0.2, 0.25) is 0 Å². The second-order valence-electron chi connectivity index (χ2n) is 2.00. The molecule has 0 aromatic rings. The van der Waals surface area contributed by atoms with Crippen molar-refractivity contribution in [3.8, 4) is 0 Å². The maximum Gasteiger partial charge on any atom is 0.00641 e. The molecule has 0 unspecified atom stereocenters. The minimum atomic E-state index is -1.01. The molecule has 0 atom stereocenters. The third-order valence-corrected chi connectivity index (χ3v) is 2.31. The van der Waals surface area contributed by atoms with Crippen LogP contribution < -0.4 is 5.32 Å². The summed E-state index contributed by atoms with van der Waals surface area (Å²) in [5.74, 6) is 3.43. The van der Waals surface area contributed by atoms with Crippen molar-refractivity contribution in [3.05, 3.63) is 0 Å². The van der Waals surface area contributed by atoms with Crippen LogP contribution in [0, 0.1) is 0 Å². The van der Waals surface area contributed by atoms with Crippen LogP contribution in [0.5, 0.6) is 0 Å². The predicted octanol–water partition coefficient (Wildman–Crippen LogP) is -0.803. The van der Waals surface area contributed by atoms with Gasteiger partial charge in [-0.3, -0.25) is 0 Å². The molecule has 0 radical (unpaired) electrons. The Hall–Kier alpha value is 1.32. The number of nitrogens with one attached hydrogen (secondary N) is 1. The van der Waals surface area contributed by atoms with Crippen molar-refractivity contribution in [3.63, 3.8) is 0 Å². The third-order valence-electron chi connectivity index (χ3n) is 1.36. The minimum Gasteiger partial charge on any atom is -0.448 e. The fourth-order valence-electron chi connectivity index (χ4n) is 0.848. The zero-order chi connectivity index (χ0) is 6.69. The molecule has 1 aliphatic rings. The zero-order valence-corrected chi connectivity index (χ0v) is 12.8. The average Bonchev–Trinajstić information content (AvgIpc) is 1.90. The Morgan fingerprint density at radius 1 is 1.27 bits per heavy atom. The van der Waals surface area contributed by atoms with Gasteiger partial charge in [0.15, 0.2) is 0 Å². The van der Waals surface area contributed by atoms with Crippen LogP contribution >= 0.6 is 0 Å². The van der Waals surface area contributed by atoms with Crippen molar-refractivity contribution in [2.75, 3.05) is 26.2 Å². The fraction of sp³-hybridized carbons (Fsp3) is 0.800. The minimum absolute atomic E-state index is 0. The maximum atomic E-state index is 10.7. The molecule has 6 heteroatoms. The Morgan fingerprint density at radius 2 is 1.73 bits per heavy atom. The molecular formula is C5H11N2OSW2-. The van der Waals surface area contributed by atoms with E-state index in [4.69, 9.17) is 0 Å². The second kappa shape index (κ2) is 7.94. The van der Waals surface area contributed by atoms with E-state index in [0.29, 0.717) is 0 Å². The molecule has 3 nitrogen and oxygen atoms in total. The standard InChI is InChI=1S/C5H11N2OS.2W/c1-9(8)7-4-2-6-3-5-7;;/h6H,1-5H2;;/q-1;;. The van der Waals surface area contributed by atoms with E-state index in [9.17, 15) is 4.21 Å². The van der Waals surface area contributed by atoms with E-state index in [2.05, 4.69) is 11.2 Å². The third kappa shape index (κ3) is 5.54. The van der Waals surface area contributed by atoms with Gasteiger partial charge in [0.05, 0.1) is 0 Å². The van der Waals surface area contributed by atoms with E-state index >= 15 is 0 Å². The molecule has 0 spiro atoms. The SMILES string of the molecule is C=[S-](=O)N1CCNCC1.[W].[W]. The summed E-state index contributed by atoms with van der Waals surface area (Å²) in [4.78, 5) is 0. The van der Waals surface area contributed by atoms with Crippen molar-refractivity contribution < 1.29 is 46.3 Å². The van der Waals surface area contributed by atoms with E-state index in [1.807, 2.05) is 4.31 Å². The van der Waals surface area contributed by atoms with Gasteiger partial charge in [0.25, 0.3) is 0 Å². The summed E-state index contributed by atoms with van der Waals surface area (Å²) in [6, 6.07) is 0. The first-order chi connectivity index (χ1) is 4.30. The van der Waals surface area contributed by atoms with Gasteiger partial charge in [-0.15, -0.1) is 0 Å². The van der Waals surface area contributed by atoms with Crippen LogP contribution in [0.1, 0.15) is 0 Å². The molecule has 1 N–H and O–H groups in total. The monoisotopic (exact) mass is 515 g/mol. The van der Waals surface area contributed by atoms with Crippen LogP contribution in [0.2, 0.25) is 0 Å². The van der Waals surface area contributed by atoms with Crippen LogP contribution in [-0.2, 0) is 56.9 Å². The molecule has 0 aliphatic carbocycles. The van der Waals surface area contributed by atoms with Gasteiger partial charge in [-0.1, -0.05) is 0 Å². The van der Waals surface area contributed by atoms with Crippen molar-refractivity contribution >= 4 is 16.4 Å². The number of rotatable bonds is 1. The zero-order valence-electron chi connectivity index (χ0n) is 6.12. The van der Waals surface area contributed by atoms with Gasteiger partial charge in [-0.25, -0.2) is 10.6 Å². The molecular weight excluding hydrogens is 504 g/mol. The van der Waals surface area contributed by atoms with Crippen molar-refractivity contribution in [1.82, 2.24) is 9.62 Å². The molecule has 11 heavy (non-hydrogen) atoms. The number of hydrogen-bond donors (Lipinski definition) is 1. The maximum absolute atomic E-state index is 10.7. The summed E-state index contributed by atoms with van der Waals surface area (Å²) in [6.07, 6.45) is 0. The second-order valence-corrected chi connectivity index (χ2v) is 3.16. The fourth-order valence-corrected chi connectivity index (χ4v) is 1.44. The molecule has 1 saturated heterocycles. The Kier molecular flexibility index (Phi) is 10.7. The van der Waals surface area contributed by atoms with Gasteiger partial charge in [-0.2, -0.15) is 5.87 Å². The van der Waals surface area contributed by atoms with Gasteiger partial charge in [-0.05, 0) is 13.1 Å². The van der Waals surface area contributed by atoms with E-state index in [1.54, 1.807) is 0 Å².